The molecule has 1 aliphatic carbocycles. The Morgan fingerprint density at radius 1 is 1.29 bits per heavy atom. The quantitative estimate of drug-likeness (QED) is 0.795. The summed E-state index contributed by atoms with van der Waals surface area (Å²) in [5.74, 6) is 0.137. The molecule has 24 heavy (non-hydrogen) atoms. The van der Waals surface area contributed by atoms with Crippen molar-refractivity contribution in [3.05, 3.63) is 53.8 Å². The van der Waals surface area contributed by atoms with Crippen LogP contribution in [0.5, 0.6) is 0 Å². The van der Waals surface area contributed by atoms with Crippen LogP contribution in [0.4, 0.5) is 10.2 Å². The van der Waals surface area contributed by atoms with Crippen LogP contribution in [0.3, 0.4) is 0 Å². The first kappa shape index (κ1) is 14.6. The molecule has 1 fully saturated rings. The zero-order valence-electron chi connectivity index (χ0n) is 12.9. The van der Waals surface area contributed by atoms with E-state index < -0.39 is 5.41 Å². The van der Waals surface area contributed by atoms with Gasteiger partial charge in [0.1, 0.15) is 5.82 Å². The van der Waals surface area contributed by atoms with Crippen molar-refractivity contribution in [3.63, 3.8) is 0 Å². The first-order chi connectivity index (χ1) is 11.6. The maximum Gasteiger partial charge on any atom is 0.343 e. The second kappa shape index (κ2) is 5.26. The van der Waals surface area contributed by atoms with Crippen LogP contribution < -0.4 is 5.32 Å². The van der Waals surface area contributed by atoms with Crippen LogP contribution in [-0.4, -0.2) is 25.9 Å². The molecule has 0 saturated heterocycles. The third-order valence-electron chi connectivity index (χ3n) is 4.12. The van der Waals surface area contributed by atoms with Gasteiger partial charge >= 0.3 is 6.01 Å². The SMILES string of the molecule is Cc1nnc(-n2ccc(NC(=O)C3(c4ccccc4F)CC3)n2)o1. The zero-order valence-corrected chi connectivity index (χ0v) is 12.9. The number of aromatic nitrogens is 4. The van der Waals surface area contributed by atoms with Gasteiger partial charge in [-0.1, -0.05) is 23.3 Å². The molecule has 0 aliphatic heterocycles. The van der Waals surface area contributed by atoms with E-state index >= 15 is 0 Å². The van der Waals surface area contributed by atoms with Crippen LogP contribution in [0.25, 0.3) is 6.01 Å². The van der Waals surface area contributed by atoms with Gasteiger partial charge < -0.3 is 9.73 Å². The topological polar surface area (TPSA) is 85.8 Å². The van der Waals surface area contributed by atoms with Crippen molar-refractivity contribution < 1.29 is 13.6 Å². The van der Waals surface area contributed by atoms with E-state index in [1.54, 1.807) is 37.4 Å². The molecule has 7 nitrogen and oxygen atoms in total. The highest BCUT2D eigenvalue weighted by Crippen LogP contribution is 2.49. The second-order valence-electron chi connectivity index (χ2n) is 5.77. The third kappa shape index (κ3) is 2.36. The summed E-state index contributed by atoms with van der Waals surface area (Å²) in [7, 11) is 0. The molecular formula is C16H14FN5O2. The fraction of sp³-hybridized carbons (Fsp3) is 0.250. The van der Waals surface area contributed by atoms with Gasteiger partial charge in [0.2, 0.25) is 11.8 Å². The predicted molar refractivity (Wildman–Crippen MR) is 82.1 cm³/mol. The Morgan fingerprint density at radius 2 is 2.08 bits per heavy atom. The number of rotatable bonds is 4. The lowest BCUT2D eigenvalue weighted by molar-refractivity contribution is -0.118. The minimum Gasteiger partial charge on any atom is -0.407 e. The Morgan fingerprint density at radius 3 is 2.75 bits per heavy atom. The summed E-state index contributed by atoms with van der Waals surface area (Å²) in [6, 6.07) is 8.20. The van der Waals surface area contributed by atoms with E-state index in [0.717, 1.165) is 0 Å². The van der Waals surface area contributed by atoms with Crippen LogP contribution in [0.2, 0.25) is 0 Å². The molecule has 1 aromatic carbocycles. The molecule has 0 atom stereocenters. The van der Waals surface area contributed by atoms with Crippen molar-refractivity contribution in [3.8, 4) is 6.01 Å². The van der Waals surface area contributed by atoms with Crippen LogP contribution >= 0.6 is 0 Å². The molecule has 2 heterocycles. The van der Waals surface area contributed by atoms with Crippen molar-refractivity contribution in [1.82, 2.24) is 20.0 Å². The van der Waals surface area contributed by atoms with E-state index in [4.69, 9.17) is 4.42 Å². The molecule has 2 aromatic heterocycles. The molecule has 8 heteroatoms. The number of nitrogens with one attached hydrogen (secondary N) is 1. The number of amides is 1. The molecule has 4 rings (SSSR count). The Balaban J connectivity index is 1.55. The number of carbonyl (C=O) groups is 1. The van der Waals surface area contributed by atoms with Gasteiger partial charge in [-0.3, -0.25) is 4.79 Å². The Bertz CT molecular complexity index is 913. The number of nitrogens with zero attached hydrogens (tertiary/aromatic N) is 4. The first-order valence-corrected chi connectivity index (χ1v) is 7.51. The van der Waals surface area contributed by atoms with E-state index in [2.05, 4.69) is 20.6 Å². The summed E-state index contributed by atoms with van der Waals surface area (Å²) in [5, 5.41) is 14.5. The number of anilines is 1. The van der Waals surface area contributed by atoms with Crippen LogP contribution in [0, 0.1) is 12.7 Å². The highest BCUT2D eigenvalue weighted by molar-refractivity contribution is 6.00. The minimum atomic E-state index is -0.809. The van der Waals surface area contributed by atoms with E-state index in [9.17, 15) is 9.18 Å². The van der Waals surface area contributed by atoms with Gasteiger partial charge in [0.25, 0.3) is 0 Å². The summed E-state index contributed by atoms with van der Waals surface area (Å²) >= 11 is 0. The first-order valence-electron chi connectivity index (χ1n) is 7.51. The van der Waals surface area contributed by atoms with Crippen molar-refractivity contribution >= 4 is 11.7 Å². The maximum atomic E-state index is 14.0. The number of halogens is 1. The fourth-order valence-corrected chi connectivity index (χ4v) is 2.70. The van der Waals surface area contributed by atoms with Gasteiger partial charge in [0, 0.05) is 24.8 Å². The Labute approximate surface area is 136 Å². The average molecular weight is 327 g/mol. The van der Waals surface area contributed by atoms with E-state index in [1.165, 1.54) is 10.7 Å². The highest BCUT2D eigenvalue weighted by atomic mass is 19.1. The molecular weight excluding hydrogens is 313 g/mol. The number of carbonyl (C=O) groups excluding carboxylic acids is 1. The molecule has 0 unspecified atom stereocenters. The van der Waals surface area contributed by atoms with Crippen LogP contribution in [-0.2, 0) is 10.2 Å². The largest absolute Gasteiger partial charge is 0.407 e. The molecule has 1 amide bonds. The van der Waals surface area contributed by atoms with E-state index in [-0.39, 0.29) is 17.7 Å². The summed E-state index contributed by atoms with van der Waals surface area (Å²) < 4.78 is 20.7. The normalized spacial score (nSPS) is 15.2. The molecule has 0 bridgehead atoms. The van der Waals surface area contributed by atoms with Gasteiger partial charge in [-0.05, 0) is 18.9 Å². The van der Waals surface area contributed by atoms with Crippen molar-refractivity contribution in [2.45, 2.75) is 25.2 Å². The lowest BCUT2D eigenvalue weighted by Gasteiger charge is -2.15. The van der Waals surface area contributed by atoms with E-state index in [0.29, 0.717) is 30.1 Å². The lowest BCUT2D eigenvalue weighted by atomic mass is 9.94. The van der Waals surface area contributed by atoms with Gasteiger partial charge in [0.05, 0.1) is 5.41 Å². The summed E-state index contributed by atoms with van der Waals surface area (Å²) in [4.78, 5) is 12.6. The molecule has 0 radical (unpaired) electrons. The number of benzene rings is 1. The van der Waals surface area contributed by atoms with Crippen LogP contribution in [0.1, 0.15) is 24.3 Å². The summed E-state index contributed by atoms with van der Waals surface area (Å²) in [6.45, 7) is 1.67. The fourth-order valence-electron chi connectivity index (χ4n) is 2.70. The standard InChI is InChI=1S/C16H14FN5O2/c1-10-19-20-15(24-10)22-9-6-13(21-22)18-14(23)16(7-8-16)11-4-2-3-5-12(11)17/h2-6,9H,7-8H2,1H3,(H,18,21,23). The molecule has 1 saturated carbocycles. The number of aryl methyl sites for hydroxylation is 1. The second-order valence-corrected chi connectivity index (χ2v) is 5.77. The Kier molecular flexibility index (Phi) is 3.19. The maximum absolute atomic E-state index is 14.0. The van der Waals surface area contributed by atoms with Crippen molar-refractivity contribution in [1.29, 1.82) is 0 Å². The highest BCUT2D eigenvalue weighted by Gasteiger charge is 2.52. The van der Waals surface area contributed by atoms with Crippen LogP contribution in [0.15, 0.2) is 40.9 Å². The van der Waals surface area contributed by atoms with Gasteiger partial charge in [0.15, 0.2) is 5.82 Å². The lowest BCUT2D eigenvalue weighted by Crippen LogP contribution is -2.29. The molecule has 122 valence electrons. The molecule has 0 spiro atoms. The summed E-state index contributed by atoms with van der Waals surface area (Å²) in [6.07, 6.45) is 2.83. The predicted octanol–water partition coefficient (Wildman–Crippen LogP) is 2.37. The van der Waals surface area contributed by atoms with Crippen molar-refractivity contribution in [2.75, 3.05) is 5.32 Å². The van der Waals surface area contributed by atoms with Gasteiger partial charge in [-0.15, -0.1) is 10.2 Å². The smallest absolute Gasteiger partial charge is 0.343 e. The average Bonchev–Trinajstić information content (AvgIpc) is 3.05. The number of hydrogen-bond donors (Lipinski definition) is 1. The monoisotopic (exact) mass is 327 g/mol. The minimum absolute atomic E-state index is 0.211. The van der Waals surface area contributed by atoms with Gasteiger partial charge in [-0.2, -0.15) is 4.68 Å². The summed E-state index contributed by atoms with van der Waals surface area (Å²) in [5.41, 5.74) is -0.384. The van der Waals surface area contributed by atoms with Gasteiger partial charge in [-0.25, -0.2) is 4.39 Å². The van der Waals surface area contributed by atoms with E-state index in [1.807, 2.05) is 0 Å². The third-order valence-corrected chi connectivity index (χ3v) is 4.12. The Hall–Kier alpha value is -3.03. The molecule has 1 N–H and O–H groups in total. The molecule has 1 aliphatic rings. The number of hydrogen-bond acceptors (Lipinski definition) is 5. The van der Waals surface area contributed by atoms with Crippen molar-refractivity contribution in [2.24, 2.45) is 0 Å². The molecule has 3 aromatic rings. The zero-order chi connectivity index (χ0) is 16.7.